The van der Waals surface area contributed by atoms with Crippen LogP contribution in [0.25, 0.3) is 0 Å². The summed E-state index contributed by atoms with van der Waals surface area (Å²) in [6.45, 7) is 3.34. The first kappa shape index (κ1) is 11.8. The van der Waals surface area contributed by atoms with Gasteiger partial charge in [-0.25, -0.2) is 4.39 Å². The third kappa shape index (κ3) is 9.81. The largest absolute Gasteiger partial charge is 0.379 e. The van der Waals surface area contributed by atoms with Crippen LogP contribution in [0.15, 0.2) is 0 Å². The molecule has 0 radical (unpaired) electrons. The highest BCUT2D eigenvalue weighted by Crippen LogP contribution is 1.89. The maximum absolute atomic E-state index is 11.7. The van der Waals surface area contributed by atoms with Crippen molar-refractivity contribution in [2.45, 2.75) is 26.1 Å². The van der Waals surface area contributed by atoms with Gasteiger partial charge in [-0.1, -0.05) is 13.3 Å². The lowest BCUT2D eigenvalue weighted by molar-refractivity contribution is -0.0510. The van der Waals surface area contributed by atoms with E-state index in [0.29, 0.717) is 13.2 Å². The summed E-state index contributed by atoms with van der Waals surface area (Å²) in [5.41, 5.74) is 0. The third-order valence-corrected chi connectivity index (χ3v) is 1.27. The zero-order valence-electron chi connectivity index (χ0n) is 7.46. The topological polar surface area (TPSA) is 38.7 Å². The van der Waals surface area contributed by atoms with Gasteiger partial charge in [0.2, 0.25) is 6.36 Å². The van der Waals surface area contributed by atoms with Crippen molar-refractivity contribution in [3.05, 3.63) is 0 Å². The first-order valence-corrected chi connectivity index (χ1v) is 4.25. The quantitative estimate of drug-likeness (QED) is 0.569. The Bertz CT molecular complexity index is 88.4. The Morgan fingerprint density at radius 1 is 1.25 bits per heavy atom. The Hall–Kier alpha value is -0.190. The molecule has 0 saturated carbocycles. The Balaban J connectivity index is 2.82. The van der Waals surface area contributed by atoms with Crippen LogP contribution in [0.2, 0.25) is 0 Å². The maximum atomic E-state index is 11.7. The van der Waals surface area contributed by atoms with E-state index in [1.807, 2.05) is 0 Å². The van der Waals surface area contributed by atoms with Crippen LogP contribution in [-0.2, 0) is 9.47 Å². The van der Waals surface area contributed by atoms with E-state index in [0.717, 1.165) is 19.4 Å². The standard InChI is InChI=1S/C8H17FO3/c1-2-3-4-11-5-6-12-7-8(9)10/h8,10H,2-7H2,1H3. The summed E-state index contributed by atoms with van der Waals surface area (Å²) in [4.78, 5) is 0. The molecule has 1 unspecified atom stereocenters. The highest BCUT2D eigenvalue weighted by Gasteiger charge is 1.97. The van der Waals surface area contributed by atoms with Crippen LogP contribution in [0.4, 0.5) is 4.39 Å². The Morgan fingerprint density at radius 3 is 2.50 bits per heavy atom. The molecule has 0 aromatic heterocycles. The first-order chi connectivity index (χ1) is 5.77. The molecule has 0 aromatic rings. The van der Waals surface area contributed by atoms with Gasteiger partial charge in [-0.05, 0) is 6.42 Å². The molecule has 0 aromatic carbocycles. The molecule has 0 aliphatic carbocycles. The van der Waals surface area contributed by atoms with Crippen LogP contribution in [0.1, 0.15) is 19.8 Å². The van der Waals surface area contributed by atoms with Crippen LogP contribution in [0, 0.1) is 0 Å². The average Bonchev–Trinajstić information content (AvgIpc) is 2.02. The van der Waals surface area contributed by atoms with Crippen molar-refractivity contribution in [3.63, 3.8) is 0 Å². The van der Waals surface area contributed by atoms with Crippen molar-refractivity contribution in [3.8, 4) is 0 Å². The molecule has 0 saturated heterocycles. The fraction of sp³-hybridized carbons (Fsp3) is 1.00. The highest BCUT2D eigenvalue weighted by molar-refractivity contribution is 4.35. The van der Waals surface area contributed by atoms with Crippen LogP contribution >= 0.6 is 0 Å². The van der Waals surface area contributed by atoms with Gasteiger partial charge in [-0.2, -0.15) is 0 Å². The summed E-state index contributed by atoms with van der Waals surface area (Å²) in [7, 11) is 0. The Labute approximate surface area is 72.5 Å². The molecule has 12 heavy (non-hydrogen) atoms. The Morgan fingerprint density at radius 2 is 1.92 bits per heavy atom. The first-order valence-electron chi connectivity index (χ1n) is 4.25. The van der Waals surface area contributed by atoms with Gasteiger partial charge in [-0.15, -0.1) is 0 Å². The molecular formula is C8H17FO3. The molecule has 0 heterocycles. The molecular weight excluding hydrogens is 163 g/mol. The van der Waals surface area contributed by atoms with Crippen molar-refractivity contribution >= 4 is 0 Å². The normalized spacial score (nSPS) is 13.2. The van der Waals surface area contributed by atoms with Crippen LogP contribution < -0.4 is 0 Å². The van der Waals surface area contributed by atoms with E-state index in [1.54, 1.807) is 0 Å². The van der Waals surface area contributed by atoms with Crippen LogP contribution in [-0.4, -0.2) is 37.9 Å². The third-order valence-electron chi connectivity index (χ3n) is 1.27. The molecule has 1 N–H and O–H groups in total. The molecule has 3 nitrogen and oxygen atoms in total. The van der Waals surface area contributed by atoms with Gasteiger partial charge >= 0.3 is 0 Å². The second kappa shape index (κ2) is 8.90. The fourth-order valence-electron chi connectivity index (χ4n) is 0.647. The smallest absolute Gasteiger partial charge is 0.220 e. The van der Waals surface area contributed by atoms with E-state index in [9.17, 15) is 4.39 Å². The molecule has 4 heteroatoms. The van der Waals surface area contributed by atoms with E-state index in [4.69, 9.17) is 14.6 Å². The van der Waals surface area contributed by atoms with Crippen molar-refractivity contribution in [2.24, 2.45) is 0 Å². The second-order valence-corrected chi connectivity index (χ2v) is 2.48. The molecule has 0 fully saturated rings. The summed E-state index contributed by atoms with van der Waals surface area (Å²) in [6, 6.07) is 0. The number of hydrogen-bond acceptors (Lipinski definition) is 3. The summed E-state index contributed by atoms with van der Waals surface area (Å²) in [6.07, 6.45) is 0.260. The van der Waals surface area contributed by atoms with Crippen molar-refractivity contribution in [1.29, 1.82) is 0 Å². The fourth-order valence-corrected chi connectivity index (χ4v) is 0.647. The predicted molar refractivity (Wildman–Crippen MR) is 43.7 cm³/mol. The van der Waals surface area contributed by atoms with Crippen molar-refractivity contribution < 1.29 is 19.0 Å². The predicted octanol–water partition coefficient (Wildman–Crippen LogP) is 1.11. The van der Waals surface area contributed by atoms with E-state index in [-0.39, 0.29) is 6.61 Å². The van der Waals surface area contributed by atoms with Crippen molar-refractivity contribution in [2.75, 3.05) is 26.4 Å². The van der Waals surface area contributed by atoms with E-state index >= 15 is 0 Å². The molecule has 0 amide bonds. The molecule has 1 atom stereocenters. The van der Waals surface area contributed by atoms with Gasteiger partial charge in [-0.3, -0.25) is 0 Å². The highest BCUT2D eigenvalue weighted by atomic mass is 19.1. The van der Waals surface area contributed by atoms with Crippen LogP contribution in [0.5, 0.6) is 0 Å². The van der Waals surface area contributed by atoms with Crippen molar-refractivity contribution in [1.82, 2.24) is 0 Å². The van der Waals surface area contributed by atoms with Crippen LogP contribution in [0.3, 0.4) is 0 Å². The second-order valence-electron chi connectivity index (χ2n) is 2.48. The Kier molecular flexibility index (Phi) is 8.76. The number of hydrogen-bond donors (Lipinski definition) is 1. The van der Waals surface area contributed by atoms with E-state index in [1.165, 1.54) is 0 Å². The number of unbranched alkanes of at least 4 members (excludes halogenated alkanes) is 1. The molecule has 74 valence electrons. The minimum absolute atomic E-state index is 0.267. The number of ether oxygens (including phenoxy) is 2. The van der Waals surface area contributed by atoms with Gasteiger partial charge in [0.25, 0.3) is 0 Å². The molecule has 0 rings (SSSR count). The van der Waals surface area contributed by atoms with Gasteiger partial charge in [0.1, 0.15) is 6.61 Å². The summed E-state index contributed by atoms with van der Waals surface area (Å²) >= 11 is 0. The number of aliphatic hydroxyl groups excluding tert-OH is 1. The number of aliphatic hydroxyl groups is 1. The summed E-state index contributed by atoms with van der Waals surface area (Å²) in [5.74, 6) is 0. The molecule has 0 aliphatic heterocycles. The lowest BCUT2D eigenvalue weighted by Gasteiger charge is -2.04. The molecule has 0 spiro atoms. The van der Waals surface area contributed by atoms with Gasteiger partial charge in [0.05, 0.1) is 13.2 Å². The number of rotatable bonds is 8. The number of halogens is 1. The summed E-state index contributed by atoms with van der Waals surface area (Å²) in [5, 5.41) is 8.16. The lowest BCUT2D eigenvalue weighted by Crippen LogP contribution is -2.12. The van der Waals surface area contributed by atoms with Gasteiger partial charge < -0.3 is 14.6 Å². The van der Waals surface area contributed by atoms with E-state index in [2.05, 4.69) is 6.92 Å². The average molecular weight is 180 g/mol. The minimum atomic E-state index is -1.87. The SMILES string of the molecule is CCCCOCCOCC(O)F. The monoisotopic (exact) mass is 180 g/mol. The lowest BCUT2D eigenvalue weighted by atomic mass is 10.4. The maximum Gasteiger partial charge on any atom is 0.220 e. The molecule has 0 bridgehead atoms. The van der Waals surface area contributed by atoms with E-state index < -0.39 is 6.36 Å². The zero-order chi connectivity index (χ0) is 9.23. The number of alkyl halides is 1. The zero-order valence-corrected chi connectivity index (χ0v) is 7.46. The van der Waals surface area contributed by atoms with Gasteiger partial charge in [0.15, 0.2) is 0 Å². The molecule has 0 aliphatic rings. The summed E-state index contributed by atoms with van der Waals surface area (Å²) < 4.78 is 21.6. The minimum Gasteiger partial charge on any atom is -0.379 e. The van der Waals surface area contributed by atoms with Gasteiger partial charge in [0, 0.05) is 6.61 Å².